The lowest BCUT2D eigenvalue weighted by Crippen LogP contribution is -2.44. The first kappa shape index (κ1) is 36.0. The second-order valence-corrected chi connectivity index (χ2v) is 14.2. The van der Waals surface area contributed by atoms with Crippen LogP contribution in [0.4, 0.5) is 5.95 Å². The third-order valence-electron chi connectivity index (χ3n) is 8.86. The highest BCUT2D eigenvalue weighted by atomic mass is 31.2. The van der Waals surface area contributed by atoms with Crippen molar-refractivity contribution in [2.75, 3.05) is 19.5 Å². The van der Waals surface area contributed by atoms with E-state index >= 15 is 0 Å². The predicted molar refractivity (Wildman–Crippen MR) is 194 cm³/mol. The number of aliphatic hydroxyl groups excluding tert-OH is 1. The average molecular weight is 741 g/mol. The minimum Gasteiger partial charge on any atom is -0.479 e. The summed E-state index contributed by atoms with van der Waals surface area (Å²) in [5.74, 6) is -0.536. The van der Waals surface area contributed by atoms with Crippen molar-refractivity contribution >= 4 is 41.6 Å². The number of rotatable bonds is 13. The van der Waals surface area contributed by atoms with E-state index in [2.05, 4.69) is 20.0 Å². The van der Waals surface area contributed by atoms with E-state index in [1.807, 2.05) is 48.5 Å². The van der Waals surface area contributed by atoms with E-state index < -0.39 is 50.4 Å². The van der Waals surface area contributed by atoms with Crippen LogP contribution in [0.1, 0.15) is 30.3 Å². The molecule has 2 unspecified atom stereocenters. The molecular formula is C37H37N6O9P. The second-order valence-electron chi connectivity index (χ2n) is 12.5. The van der Waals surface area contributed by atoms with Gasteiger partial charge in [0, 0.05) is 5.39 Å². The molecule has 1 aliphatic rings. The standard InChI is InChI=1S/C37H37N6O9P/c1-37(46)31(44)28(51-35(37)43-22-39-30-32(43)40-36(38)41-33(30)48-2)21-50-53(47,52-27-19-11-17-24-14-9-10-18-26(24)27)42-29(25-15-7-4-8-16-25)34(45)49-20-23-12-5-3-6-13-23/h3-19,22,28-29,31,35,44,46H,20-21H2,1-2H3,(H,42,47)(H2,38,40,41)/t28-,29+,31-,35?,37-,53?/m1/s1. The van der Waals surface area contributed by atoms with Crippen LogP contribution >= 0.6 is 7.75 Å². The van der Waals surface area contributed by atoms with E-state index in [4.69, 9.17) is 29.0 Å². The molecule has 6 atom stereocenters. The summed E-state index contributed by atoms with van der Waals surface area (Å²) >= 11 is 0. The molecule has 0 bridgehead atoms. The maximum absolute atomic E-state index is 15.0. The zero-order valence-electron chi connectivity index (χ0n) is 28.7. The Hall–Kier alpha value is -5.41. The molecule has 2 aromatic heterocycles. The third kappa shape index (κ3) is 7.44. The Morgan fingerprint density at radius 2 is 1.72 bits per heavy atom. The van der Waals surface area contributed by atoms with Gasteiger partial charge in [-0.15, -0.1) is 0 Å². The van der Waals surface area contributed by atoms with E-state index in [1.165, 1.54) is 24.9 Å². The van der Waals surface area contributed by atoms with Gasteiger partial charge in [0.15, 0.2) is 17.4 Å². The Morgan fingerprint density at radius 1 is 1.02 bits per heavy atom. The summed E-state index contributed by atoms with van der Waals surface area (Å²) in [6.45, 7) is 0.773. The lowest BCUT2D eigenvalue weighted by Gasteiger charge is -2.28. The number of nitrogen functional groups attached to an aromatic ring is 1. The molecule has 1 fully saturated rings. The van der Waals surface area contributed by atoms with Crippen molar-refractivity contribution in [2.45, 2.75) is 43.6 Å². The minimum atomic E-state index is -4.57. The molecule has 0 saturated carbocycles. The molecule has 4 aromatic carbocycles. The summed E-state index contributed by atoms with van der Waals surface area (Å²) in [4.78, 5) is 26.3. The molecule has 5 N–H and O–H groups in total. The van der Waals surface area contributed by atoms with Gasteiger partial charge in [0.05, 0.1) is 20.0 Å². The SMILES string of the molecule is COc1nc(N)nc2c1ncn2C1O[C@H](COP(=O)(N[C@H](C(=O)OCc2ccccc2)c2ccccc2)Oc2cccc3ccccc23)[C@@H](O)[C@@]1(C)O. The third-order valence-corrected chi connectivity index (χ3v) is 10.4. The van der Waals surface area contributed by atoms with Crippen molar-refractivity contribution in [1.29, 1.82) is 0 Å². The number of carbonyl (C=O) groups excluding carboxylic acids is 1. The number of aliphatic hydroxyl groups is 2. The van der Waals surface area contributed by atoms with Gasteiger partial charge in [-0.1, -0.05) is 97.1 Å². The molecule has 0 radical (unpaired) electrons. The maximum atomic E-state index is 15.0. The van der Waals surface area contributed by atoms with Gasteiger partial charge in [0.2, 0.25) is 11.8 Å². The fourth-order valence-corrected chi connectivity index (χ4v) is 7.66. The van der Waals surface area contributed by atoms with Gasteiger partial charge in [0.1, 0.15) is 36.2 Å². The van der Waals surface area contributed by atoms with Crippen LogP contribution in [0.3, 0.4) is 0 Å². The van der Waals surface area contributed by atoms with Crippen molar-refractivity contribution in [1.82, 2.24) is 24.6 Å². The number of ether oxygens (including phenoxy) is 3. The number of methoxy groups -OCH3 is 1. The summed E-state index contributed by atoms with van der Waals surface area (Å²) in [7, 11) is -3.17. The van der Waals surface area contributed by atoms with E-state index in [1.54, 1.807) is 54.6 Å². The number of hydrogen-bond acceptors (Lipinski definition) is 13. The number of nitrogens with two attached hydrogens (primary N) is 1. The van der Waals surface area contributed by atoms with Crippen molar-refractivity contribution in [3.05, 3.63) is 121 Å². The summed E-state index contributed by atoms with van der Waals surface area (Å²) < 4.78 is 45.7. The van der Waals surface area contributed by atoms with Crippen LogP contribution < -0.4 is 20.1 Å². The van der Waals surface area contributed by atoms with E-state index in [9.17, 15) is 19.6 Å². The van der Waals surface area contributed by atoms with E-state index in [-0.39, 0.29) is 35.3 Å². The molecule has 15 nitrogen and oxygen atoms in total. The quantitative estimate of drug-likeness (QED) is 0.0924. The van der Waals surface area contributed by atoms with Gasteiger partial charge in [-0.25, -0.2) is 14.3 Å². The summed E-state index contributed by atoms with van der Waals surface area (Å²) in [6.07, 6.45) is -2.75. The zero-order chi connectivity index (χ0) is 37.2. The second kappa shape index (κ2) is 14.9. The molecule has 0 aliphatic carbocycles. The molecule has 53 heavy (non-hydrogen) atoms. The molecule has 0 spiro atoms. The molecule has 16 heteroatoms. The number of hydrogen-bond donors (Lipinski definition) is 4. The maximum Gasteiger partial charge on any atom is 0.459 e. The minimum absolute atomic E-state index is 0.0377. The first-order chi connectivity index (χ1) is 25.6. The number of benzene rings is 4. The Labute approximate surface area is 303 Å². The Morgan fingerprint density at radius 3 is 2.47 bits per heavy atom. The van der Waals surface area contributed by atoms with Gasteiger partial charge < -0.3 is 34.7 Å². The number of nitrogens with zero attached hydrogens (tertiary/aromatic N) is 4. The first-order valence-corrected chi connectivity index (χ1v) is 18.2. The van der Waals surface area contributed by atoms with Crippen LogP contribution in [-0.4, -0.2) is 67.2 Å². The van der Waals surface area contributed by atoms with Crippen LogP contribution in [0.2, 0.25) is 0 Å². The molecular weight excluding hydrogens is 703 g/mol. The molecule has 6 aromatic rings. The van der Waals surface area contributed by atoms with Gasteiger partial charge in [0.25, 0.3) is 0 Å². The largest absolute Gasteiger partial charge is 0.479 e. The van der Waals surface area contributed by atoms with Gasteiger partial charge in [-0.05, 0) is 29.5 Å². The highest BCUT2D eigenvalue weighted by molar-refractivity contribution is 7.52. The monoisotopic (exact) mass is 740 g/mol. The molecule has 0 amide bonds. The molecule has 3 heterocycles. The van der Waals surface area contributed by atoms with Gasteiger partial charge >= 0.3 is 13.7 Å². The lowest BCUT2D eigenvalue weighted by molar-refractivity contribution is -0.147. The molecule has 1 aliphatic heterocycles. The van der Waals surface area contributed by atoms with Crippen molar-refractivity contribution < 1.29 is 42.8 Å². The Bertz CT molecular complexity index is 2270. The molecule has 7 rings (SSSR count). The Balaban J connectivity index is 1.20. The molecule has 274 valence electrons. The normalized spacial score (nSPS) is 21.6. The fraction of sp³-hybridized carbons (Fsp3) is 0.243. The number of fused-ring (bicyclic) bond motifs is 2. The first-order valence-electron chi connectivity index (χ1n) is 16.6. The summed E-state index contributed by atoms with van der Waals surface area (Å²) in [5.41, 5.74) is 5.57. The van der Waals surface area contributed by atoms with Crippen LogP contribution in [-0.2, 0) is 30.0 Å². The number of nitrogens with one attached hydrogen (secondary N) is 1. The Kier molecular flexibility index (Phi) is 10.1. The van der Waals surface area contributed by atoms with Crippen molar-refractivity contribution in [2.24, 2.45) is 0 Å². The predicted octanol–water partition coefficient (Wildman–Crippen LogP) is 4.86. The van der Waals surface area contributed by atoms with Crippen LogP contribution in [0.15, 0.2) is 109 Å². The van der Waals surface area contributed by atoms with E-state index in [0.717, 1.165) is 10.9 Å². The summed E-state index contributed by atoms with van der Waals surface area (Å²) in [6, 6.07) is 29.0. The fourth-order valence-electron chi connectivity index (χ4n) is 6.14. The average Bonchev–Trinajstić information content (AvgIpc) is 3.69. The van der Waals surface area contributed by atoms with Gasteiger partial charge in [-0.3, -0.25) is 9.09 Å². The van der Waals surface area contributed by atoms with Crippen LogP contribution in [0.25, 0.3) is 21.9 Å². The van der Waals surface area contributed by atoms with Crippen LogP contribution in [0, 0.1) is 0 Å². The number of carbonyl (C=O) groups is 1. The number of aromatic nitrogens is 4. The highest BCUT2D eigenvalue weighted by Gasteiger charge is 2.54. The summed E-state index contributed by atoms with van der Waals surface area (Å²) in [5, 5.41) is 27.2. The lowest BCUT2D eigenvalue weighted by atomic mass is 9.96. The highest BCUT2D eigenvalue weighted by Crippen LogP contribution is 2.50. The number of imidazole rings is 1. The van der Waals surface area contributed by atoms with Gasteiger partial charge in [-0.2, -0.15) is 15.1 Å². The topological polar surface area (TPSA) is 202 Å². The molecule has 1 saturated heterocycles. The van der Waals surface area contributed by atoms with Crippen molar-refractivity contribution in [3.8, 4) is 11.6 Å². The van der Waals surface area contributed by atoms with Crippen LogP contribution in [0.5, 0.6) is 11.6 Å². The smallest absolute Gasteiger partial charge is 0.459 e. The number of esters is 1. The zero-order valence-corrected chi connectivity index (χ0v) is 29.6. The number of anilines is 1. The van der Waals surface area contributed by atoms with Crippen molar-refractivity contribution in [3.63, 3.8) is 0 Å². The van der Waals surface area contributed by atoms with E-state index in [0.29, 0.717) is 10.9 Å².